The van der Waals surface area contributed by atoms with Crippen molar-refractivity contribution in [3.05, 3.63) is 59.3 Å². The van der Waals surface area contributed by atoms with Crippen LogP contribution in [0.1, 0.15) is 21.7 Å². The van der Waals surface area contributed by atoms with Gasteiger partial charge in [0.25, 0.3) is 0 Å². The standard InChI is InChI=1S/C12H9FO3.BrH/c13-10-3-1-8(2-4-10)5-11-6-9(7-16-11)12(14)15;/h1-4,6-7H,5H2,(H,14,15);1H. The lowest BCUT2D eigenvalue weighted by molar-refractivity contribution is 0.0696. The van der Waals surface area contributed by atoms with Crippen molar-refractivity contribution in [1.29, 1.82) is 0 Å². The quantitative estimate of drug-likeness (QED) is 0.946. The Kier molecular flexibility index (Phi) is 4.45. The highest BCUT2D eigenvalue weighted by molar-refractivity contribution is 8.93. The van der Waals surface area contributed by atoms with Crippen molar-refractivity contribution < 1.29 is 18.7 Å². The van der Waals surface area contributed by atoms with E-state index in [9.17, 15) is 9.18 Å². The molecule has 0 fully saturated rings. The van der Waals surface area contributed by atoms with Crippen LogP contribution in [-0.4, -0.2) is 11.1 Å². The summed E-state index contributed by atoms with van der Waals surface area (Å²) in [6.45, 7) is 0. The number of aromatic carboxylic acids is 1. The zero-order valence-electron chi connectivity index (χ0n) is 8.72. The Balaban J connectivity index is 0.00000144. The predicted molar refractivity (Wildman–Crippen MR) is 65.2 cm³/mol. The van der Waals surface area contributed by atoms with Crippen molar-refractivity contribution in [2.45, 2.75) is 6.42 Å². The number of carboxylic acid groups (broad SMARTS) is 1. The number of carbonyl (C=O) groups is 1. The highest BCUT2D eigenvalue weighted by atomic mass is 79.9. The number of halogens is 2. The van der Waals surface area contributed by atoms with Gasteiger partial charge in [-0.15, -0.1) is 17.0 Å². The third-order valence-corrected chi connectivity index (χ3v) is 2.19. The molecule has 0 radical (unpaired) electrons. The van der Waals surface area contributed by atoms with Gasteiger partial charge in [0.1, 0.15) is 17.8 Å². The van der Waals surface area contributed by atoms with Crippen LogP contribution < -0.4 is 0 Å². The first-order chi connectivity index (χ1) is 7.65. The van der Waals surface area contributed by atoms with Crippen LogP contribution in [0.2, 0.25) is 0 Å². The van der Waals surface area contributed by atoms with E-state index in [-0.39, 0.29) is 28.4 Å². The lowest BCUT2D eigenvalue weighted by atomic mass is 10.1. The van der Waals surface area contributed by atoms with E-state index >= 15 is 0 Å². The van der Waals surface area contributed by atoms with Gasteiger partial charge in [0.05, 0.1) is 5.56 Å². The van der Waals surface area contributed by atoms with Gasteiger partial charge in [-0.2, -0.15) is 0 Å². The smallest absolute Gasteiger partial charge is 0.338 e. The van der Waals surface area contributed by atoms with Crippen molar-refractivity contribution >= 4 is 23.0 Å². The molecule has 17 heavy (non-hydrogen) atoms. The van der Waals surface area contributed by atoms with E-state index < -0.39 is 5.97 Å². The fraction of sp³-hybridized carbons (Fsp3) is 0.0833. The molecule has 0 aliphatic rings. The van der Waals surface area contributed by atoms with Crippen molar-refractivity contribution in [2.24, 2.45) is 0 Å². The molecule has 5 heteroatoms. The first-order valence-electron chi connectivity index (χ1n) is 4.70. The molecular formula is C12H10BrFO3. The summed E-state index contributed by atoms with van der Waals surface area (Å²) in [5.74, 6) is -0.771. The number of furan rings is 1. The van der Waals surface area contributed by atoms with E-state index in [0.29, 0.717) is 12.2 Å². The van der Waals surface area contributed by atoms with E-state index in [1.165, 1.54) is 24.5 Å². The minimum absolute atomic E-state index is 0. The largest absolute Gasteiger partial charge is 0.478 e. The molecule has 0 aliphatic carbocycles. The molecule has 0 bridgehead atoms. The summed E-state index contributed by atoms with van der Waals surface area (Å²) >= 11 is 0. The Morgan fingerprint density at radius 3 is 2.47 bits per heavy atom. The van der Waals surface area contributed by atoms with Crippen molar-refractivity contribution in [2.75, 3.05) is 0 Å². The second-order valence-corrected chi connectivity index (χ2v) is 3.41. The monoisotopic (exact) mass is 300 g/mol. The summed E-state index contributed by atoms with van der Waals surface area (Å²) in [7, 11) is 0. The number of hydrogen-bond donors (Lipinski definition) is 1. The summed E-state index contributed by atoms with van der Waals surface area (Å²) in [5, 5.41) is 8.69. The lowest BCUT2D eigenvalue weighted by Crippen LogP contribution is -1.92. The zero-order chi connectivity index (χ0) is 11.5. The maximum atomic E-state index is 12.6. The van der Waals surface area contributed by atoms with E-state index in [2.05, 4.69) is 0 Å². The van der Waals surface area contributed by atoms with Gasteiger partial charge in [0, 0.05) is 6.42 Å². The molecule has 2 aromatic rings. The Morgan fingerprint density at radius 1 is 1.29 bits per heavy atom. The van der Waals surface area contributed by atoms with E-state index in [1.807, 2.05) is 0 Å². The van der Waals surface area contributed by atoms with Crippen LogP contribution in [0.15, 0.2) is 41.0 Å². The molecule has 0 saturated heterocycles. The molecule has 0 unspecified atom stereocenters. The highest BCUT2D eigenvalue weighted by Gasteiger charge is 2.08. The van der Waals surface area contributed by atoms with Gasteiger partial charge in [-0.1, -0.05) is 12.1 Å². The Labute approximate surface area is 108 Å². The Hall–Kier alpha value is -1.62. The van der Waals surface area contributed by atoms with Crippen molar-refractivity contribution in [3.63, 3.8) is 0 Å². The van der Waals surface area contributed by atoms with Crippen LogP contribution in [-0.2, 0) is 6.42 Å². The minimum Gasteiger partial charge on any atom is -0.478 e. The van der Waals surface area contributed by atoms with Crippen molar-refractivity contribution in [3.8, 4) is 0 Å². The first kappa shape index (κ1) is 13.4. The van der Waals surface area contributed by atoms with Crippen LogP contribution >= 0.6 is 17.0 Å². The van der Waals surface area contributed by atoms with Crippen molar-refractivity contribution in [1.82, 2.24) is 0 Å². The third kappa shape index (κ3) is 3.42. The molecule has 1 heterocycles. The van der Waals surface area contributed by atoms with Gasteiger partial charge in [-0.05, 0) is 23.8 Å². The van der Waals surface area contributed by atoms with Gasteiger partial charge < -0.3 is 9.52 Å². The maximum Gasteiger partial charge on any atom is 0.338 e. The molecule has 0 atom stereocenters. The predicted octanol–water partition coefficient (Wildman–Crippen LogP) is 3.29. The van der Waals surface area contributed by atoms with Gasteiger partial charge in [-0.3, -0.25) is 0 Å². The summed E-state index contributed by atoms with van der Waals surface area (Å²) in [5.41, 5.74) is 0.991. The van der Waals surface area contributed by atoms with E-state index in [4.69, 9.17) is 9.52 Å². The number of benzene rings is 1. The molecule has 0 amide bonds. The molecule has 90 valence electrons. The third-order valence-electron chi connectivity index (χ3n) is 2.19. The maximum absolute atomic E-state index is 12.6. The lowest BCUT2D eigenvalue weighted by Gasteiger charge is -1.97. The van der Waals surface area contributed by atoms with E-state index in [1.54, 1.807) is 12.1 Å². The Bertz CT molecular complexity index is 505. The fourth-order valence-electron chi connectivity index (χ4n) is 1.39. The van der Waals surface area contributed by atoms with Gasteiger partial charge in [0.15, 0.2) is 0 Å². The minimum atomic E-state index is -1.02. The summed E-state index contributed by atoms with van der Waals surface area (Å²) < 4.78 is 17.7. The van der Waals surface area contributed by atoms with Crippen LogP contribution in [0.4, 0.5) is 4.39 Å². The van der Waals surface area contributed by atoms with Gasteiger partial charge in [0.2, 0.25) is 0 Å². The summed E-state index contributed by atoms with van der Waals surface area (Å²) in [4.78, 5) is 10.6. The second kappa shape index (κ2) is 5.63. The summed E-state index contributed by atoms with van der Waals surface area (Å²) in [6.07, 6.45) is 1.65. The molecule has 2 rings (SSSR count). The molecule has 0 aliphatic heterocycles. The first-order valence-corrected chi connectivity index (χ1v) is 4.70. The average molecular weight is 301 g/mol. The van der Waals surface area contributed by atoms with Gasteiger partial charge >= 0.3 is 5.97 Å². The van der Waals surface area contributed by atoms with E-state index in [0.717, 1.165) is 5.56 Å². The molecule has 3 nitrogen and oxygen atoms in total. The zero-order valence-corrected chi connectivity index (χ0v) is 10.4. The normalized spacial score (nSPS) is 9.71. The van der Waals surface area contributed by atoms with Crippen LogP contribution in [0.25, 0.3) is 0 Å². The number of hydrogen-bond acceptors (Lipinski definition) is 2. The van der Waals surface area contributed by atoms with Crippen LogP contribution in [0, 0.1) is 5.82 Å². The Morgan fingerprint density at radius 2 is 1.94 bits per heavy atom. The SMILES string of the molecule is Br.O=C(O)c1coc(Cc2ccc(F)cc2)c1. The molecule has 1 N–H and O–H groups in total. The topological polar surface area (TPSA) is 50.4 Å². The van der Waals surface area contributed by atoms with Gasteiger partial charge in [-0.25, -0.2) is 9.18 Å². The molecule has 0 saturated carbocycles. The number of carboxylic acids is 1. The molecule has 1 aromatic carbocycles. The van der Waals surface area contributed by atoms with Crippen LogP contribution in [0.5, 0.6) is 0 Å². The molecular weight excluding hydrogens is 291 g/mol. The molecule has 0 spiro atoms. The highest BCUT2D eigenvalue weighted by Crippen LogP contribution is 2.13. The fourth-order valence-corrected chi connectivity index (χ4v) is 1.39. The number of rotatable bonds is 3. The second-order valence-electron chi connectivity index (χ2n) is 3.41. The van der Waals surface area contributed by atoms with Crippen LogP contribution in [0.3, 0.4) is 0 Å². The average Bonchev–Trinajstić information content (AvgIpc) is 2.70. The molecule has 1 aromatic heterocycles. The summed E-state index contributed by atoms with van der Waals surface area (Å²) in [6, 6.07) is 7.45.